The Kier molecular flexibility index (Phi) is 3.02. The summed E-state index contributed by atoms with van der Waals surface area (Å²) in [6.07, 6.45) is 0.688. The fourth-order valence-corrected chi connectivity index (χ4v) is 2.48. The number of halogens is 1. The number of nitrogens with one attached hydrogen (secondary N) is 1. The molecule has 20 heavy (non-hydrogen) atoms. The number of carboxylic acid groups (broad SMARTS) is 1. The summed E-state index contributed by atoms with van der Waals surface area (Å²) in [6, 6.07) is 3.19. The van der Waals surface area contributed by atoms with Crippen LogP contribution in [-0.4, -0.2) is 28.1 Å². The van der Waals surface area contributed by atoms with E-state index < -0.39 is 5.97 Å². The van der Waals surface area contributed by atoms with Gasteiger partial charge >= 0.3 is 5.97 Å². The second-order valence-electron chi connectivity index (χ2n) is 4.27. The molecule has 0 amide bonds. The van der Waals surface area contributed by atoms with E-state index >= 15 is 0 Å². The van der Waals surface area contributed by atoms with Crippen molar-refractivity contribution in [3.05, 3.63) is 28.4 Å². The lowest BCUT2D eigenvalue weighted by molar-refractivity contribution is 0.0690. The van der Waals surface area contributed by atoms with Crippen LogP contribution < -0.4 is 9.47 Å². The second kappa shape index (κ2) is 4.72. The van der Waals surface area contributed by atoms with Gasteiger partial charge in [-0.25, -0.2) is 4.79 Å². The summed E-state index contributed by atoms with van der Waals surface area (Å²) >= 11 is 6.16. The van der Waals surface area contributed by atoms with E-state index in [9.17, 15) is 4.79 Å². The molecule has 0 saturated carbocycles. The summed E-state index contributed by atoms with van der Waals surface area (Å²) in [5.74, 6) is 0.0739. The van der Waals surface area contributed by atoms with E-state index in [1.165, 1.54) is 6.07 Å². The summed E-state index contributed by atoms with van der Waals surface area (Å²) in [5.41, 5.74) is 2.17. The van der Waals surface area contributed by atoms with Crippen molar-refractivity contribution in [2.45, 2.75) is 13.3 Å². The molecule has 3 rings (SSSR count). The van der Waals surface area contributed by atoms with E-state index in [4.69, 9.17) is 26.2 Å². The van der Waals surface area contributed by atoms with Crippen LogP contribution in [0.3, 0.4) is 0 Å². The third-order valence-corrected chi connectivity index (χ3v) is 3.42. The molecule has 1 aromatic carbocycles. The minimum Gasteiger partial charge on any atom is -0.477 e. The lowest BCUT2D eigenvalue weighted by Crippen LogP contribution is -1.95. The number of hydrogen-bond acceptors (Lipinski definition) is 4. The largest absolute Gasteiger partial charge is 0.477 e. The van der Waals surface area contributed by atoms with Gasteiger partial charge in [-0.1, -0.05) is 18.5 Å². The first-order chi connectivity index (χ1) is 9.61. The van der Waals surface area contributed by atoms with E-state index in [2.05, 4.69) is 10.2 Å². The molecule has 7 heteroatoms. The Balaban J connectivity index is 2.17. The molecule has 1 aliphatic heterocycles. The first kappa shape index (κ1) is 12.8. The molecule has 0 aliphatic carbocycles. The van der Waals surface area contributed by atoms with Crippen LogP contribution >= 0.6 is 11.6 Å². The summed E-state index contributed by atoms with van der Waals surface area (Å²) in [5, 5.41) is 15.9. The number of rotatable bonds is 3. The predicted molar refractivity (Wildman–Crippen MR) is 71.5 cm³/mol. The van der Waals surface area contributed by atoms with Crippen LogP contribution in [0, 0.1) is 0 Å². The minimum atomic E-state index is -1.06. The molecule has 104 valence electrons. The molecule has 6 nitrogen and oxygen atoms in total. The average molecular weight is 295 g/mol. The molecular weight excluding hydrogens is 284 g/mol. The van der Waals surface area contributed by atoms with Gasteiger partial charge < -0.3 is 14.6 Å². The Hall–Kier alpha value is -2.21. The zero-order chi connectivity index (χ0) is 14.3. The number of carboxylic acids is 1. The van der Waals surface area contributed by atoms with Crippen molar-refractivity contribution < 1.29 is 19.4 Å². The number of hydrogen-bond donors (Lipinski definition) is 2. The topological polar surface area (TPSA) is 84.4 Å². The van der Waals surface area contributed by atoms with Gasteiger partial charge in [0.2, 0.25) is 6.79 Å². The van der Waals surface area contributed by atoms with Gasteiger partial charge in [0.1, 0.15) is 5.69 Å². The molecule has 2 aromatic rings. The first-order valence-corrected chi connectivity index (χ1v) is 6.39. The molecule has 0 spiro atoms. The third-order valence-electron chi connectivity index (χ3n) is 3.14. The molecule has 0 fully saturated rings. The quantitative estimate of drug-likeness (QED) is 0.909. The van der Waals surface area contributed by atoms with Crippen LogP contribution in [0.25, 0.3) is 11.3 Å². The highest BCUT2D eigenvalue weighted by Gasteiger charge is 2.25. The van der Waals surface area contributed by atoms with Crippen LogP contribution in [-0.2, 0) is 6.42 Å². The summed E-state index contributed by atoms with van der Waals surface area (Å²) in [4.78, 5) is 10.9. The summed E-state index contributed by atoms with van der Waals surface area (Å²) in [7, 11) is 0. The maximum Gasteiger partial charge on any atom is 0.353 e. The van der Waals surface area contributed by atoms with Gasteiger partial charge in [-0.3, -0.25) is 5.10 Å². The van der Waals surface area contributed by atoms with E-state index in [0.29, 0.717) is 28.6 Å². The number of aromatic carboxylic acids is 1. The fraction of sp³-hybridized carbons (Fsp3) is 0.231. The molecule has 0 atom stereocenters. The van der Waals surface area contributed by atoms with Gasteiger partial charge in [0, 0.05) is 11.1 Å². The van der Waals surface area contributed by atoms with Crippen molar-refractivity contribution >= 4 is 17.6 Å². The Labute approximate surface area is 119 Å². The second-order valence-corrected chi connectivity index (χ2v) is 4.68. The minimum absolute atomic E-state index is 0.0239. The standard InChI is InChI=1S/C13H11ClN2O4/c1-2-6-7(9-4-10(13(17)18)16-15-9)3-8(14)12-11(6)19-5-20-12/h3-4H,2,5H2,1H3,(H,15,16)(H,17,18). The maximum absolute atomic E-state index is 10.9. The highest BCUT2D eigenvalue weighted by Crippen LogP contribution is 2.46. The predicted octanol–water partition coefficient (Wildman–Crippen LogP) is 2.72. The molecule has 1 aromatic heterocycles. The van der Waals surface area contributed by atoms with Crippen LogP contribution in [0.1, 0.15) is 23.0 Å². The molecule has 0 bridgehead atoms. The highest BCUT2D eigenvalue weighted by atomic mass is 35.5. The van der Waals surface area contributed by atoms with Crippen LogP contribution in [0.5, 0.6) is 11.5 Å². The van der Waals surface area contributed by atoms with Crippen LogP contribution in [0.2, 0.25) is 5.02 Å². The Morgan fingerprint density at radius 2 is 2.20 bits per heavy atom. The average Bonchev–Trinajstić information content (AvgIpc) is 3.07. The number of aromatic nitrogens is 2. The normalized spacial score (nSPS) is 12.7. The Morgan fingerprint density at radius 1 is 1.45 bits per heavy atom. The molecule has 0 unspecified atom stereocenters. The molecule has 2 heterocycles. The van der Waals surface area contributed by atoms with Crippen molar-refractivity contribution in [1.29, 1.82) is 0 Å². The Bertz CT molecular complexity index is 696. The SMILES string of the molecule is CCc1c(-c2cc(C(=O)O)[nH]n2)cc(Cl)c2c1OCO2. The van der Waals surface area contributed by atoms with Gasteiger partial charge in [0.15, 0.2) is 11.5 Å². The monoisotopic (exact) mass is 294 g/mol. The summed E-state index contributed by atoms with van der Waals surface area (Å²) < 4.78 is 10.8. The summed E-state index contributed by atoms with van der Waals surface area (Å²) in [6.45, 7) is 2.10. The molecule has 1 aliphatic rings. The lowest BCUT2D eigenvalue weighted by atomic mass is 10.0. The number of carbonyl (C=O) groups is 1. The van der Waals surface area contributed by atoms with Crippen molar-refractivity contribution in [2.24, 2.45) is 0 Å². The van der Waals surface area contributed by atoms with Gasteiger partial charge in [0.25, 0.3) is 0 Å². The van der Waals surface area contributed by atoms with Crippen LogP contribution in [0.15, 0.2) is 12.1 Å². The Morgan fingerprint density at radius 3 is 2.85 bits per heavy atom. The number of aromatic amines is 1. The molecule has 2 N–H and O–H groups in total. The number of H-pyrrole nitrogens is 1. The van der Waals surface area contributed by atoms with Crippen LogP contribution in [0.4, 0.5) is 0 Å². The smallest absolute Gasteiger partial charge is 0.353 e. The zero-order valence-electron chi connectivity index (χ0n) is 10.6. The lowest BCUT2D eigenvalue weighted by Gasteiger charge is -2.10. The number of ether oxygens (including phenoxy) is 2. The van der Waals surface area contributed by atoms with Gasteiger partial charge in [0.05, 0.1) is 10.7 Å². The van der Waals surface area contributed by atoms with Crippen molar-refractivity contribution in [3.8, 4) is 22.8 Å². The van der Waals surface area contributed by atoms with E-state index in [1.54, 1.807) is 6.07 Å². The molecule has 0 saturated heterocycles. The van der Waals surface area contributed by atoms with Gasteiger partial charge in [-0.2, -0.15) is 5.10 Å². The number of nitrogens with zero attached hydrogens (tertiary/aromatic N) is 1. The van der Waals surface area contributed by atoms with E-state index in [-0.39, 0.29) is 12.5 Å². The van der Waals surface area contributed by atoms with E-state index in [0.717, 1.165) is 11.1 Å². The van der Waals surface area contributed by atoms with E-state index in [1.807, 2.05) is 6.92 Å². The van der Waals surface area contributed by atoms with Gasteiger partial charge in [-0.15, -0.1) is 0 Å². The third kappa shape index (κ3) is 1.89. The fourth-order valence-electron chi connectivity index (χ4n) is 2.23. The van der Waals surface area contributed by atoms with Crippen molar-refractivity contribution in [1.82, 2.24) is 10.2 Å². The first-order valence-electron chi connectivity index (χ1n) is 6.01. The highest BCUT2D eigenvalue weighted by molar-refractivity contribution is 6.32. The van der Waals surface area contributed by atoms with Gasteiger partial charge in [-0.05, 0) is 18.6 Å². The zero-order valence-corrected chi connectivity index (χ0v) is 11.3. The number of benzene rings is 1. The van der Waals surface area contributed by atoms with Crippen molar-refractivity contribution in [3.63, 3.8) is 0 Å². The molecule has 0 radical (unpaired) electrons. The molecular formula is C13H11ClN2O4. The maximum atomic E-state index is 10.9. The number of fused-ring (bicyclic) bond motifs is 1. The van der Waals surface area contributed by atoms with Crippen molar-refractivity contribution in [2.75, 3.05) is 6.79 Å².